The summed E-state index contributed by atoms with van der Waals surface area (Å²) >= 11 is 11.2. The molecule has 0 aliphatic heterocycles. The lowest BCUT2D eigenvalue weighted by molar-refractivity contribution is 0.350. The van der Waals surface area contributed by atoms with Crippen LogP contribution >= 0.6 is 54.5 Å². The number of unbranched alkanes of at least 4 members (excludes halogenated alkanes) is 38. The zero-order valence-corrected chi connectivity index (χ0v) is 64.1. The molecular formula is C82H128Br2N2O4S2. The van der Waals surface area contributed by atoms with E-state index in [1.165, 1.54) is 229 Å². The van der Waals surface area contributed by atoms with Crippen molar-refractivity contribution in [2.75, 3.05) is 0 Å². The number of fused-ring (bicyclic) bond motifs is 6. The highest BCUT2D eigenvalue weighted by atomic mass is 79.9. The average Bonchev–Trinajstić information content (AvgIpc) is 1.52. The minimum atomic E-state index is -0.323. The Hall–Kier alpha value is -2.66. The second kappa shape index (κ2) is 45.8. The molecule has 92 heavy (non-hydrogen) atoms. The van der Waals surface area contributed by atoms with Gasteiger partial charge in [0.05, 0.1) is 18.3 Å². The van der Waals surface area contributed by atoms with E-state index < -0.39 is 0 Å². The van der Waals surface area contributed by atoms with Gasteiger partial charge in [-0.1, -0.05) is 311 Å². The van der Waals surface area contributed by atoms with E-state index in [0.717, 1.165) is 120 Å². The molecule has 516 valence electrons. The van der Waals surface area contributed by atoms with Gasteiger partial charge in [0.2, 0.25) is 0 Å². The first-order valence-corrected chi connectivity index (χ1v) is 42.2. The topological polar surface area (TPSA) is 78.1 Å². The summed E-state index contributed by atoms with van der Waals surface area (Å²) in [7, 11) is 0. The predicted molar refractivity (Wildman–Crippen MR) is 414 cm³/mol. The van der Waals surface area contributed by atoms with Crippen LogP contribution in [0.4, 0.5) is 0 Å². The van der Waals surface area contributed by atoms with Crippen molar-refractivity contribution < 1.29 is 0 Å². The molecule has 0 saturated heterocycles. The number of thiophene rings is 2. The Balaban J connectivity index is 1.52. The van der Waals surface area contributed by atoms with Gasteiger partial charge in [0.1, 0.15) is 0 Å². The van der Waals surface area contributed by atoms with Gasteiger partial charge in [0.25, 0.3) is 22.2 Å². The van der Waals surface area contributed by atoms with Gasteiger partial charge in [-0.15, -0.1) is 22.7 Å². The first-order chi connectivity index (χ1) is 45.0. The summed E-state index contributed by atoms with van der Waals surface area (Å²) in [5.74, 6) is 0.309. The van der Waals surface area contributed by atoms with Gasteiger partial charge < -0.3 is 0 Å². The molecular weight excluding hydrogens is 1300 g/mol. The van der Waals surface area contributed by atoms with Crippen LogP contribution in [0.5, 0.6) is 0 Å². The van der Waals surface area contributed by atoms with Crippen LogP contribution < -0.4 is 22.2 Å². The molecule has 0 radical (unpaired) electrons. The summed E-state index contributed by atoms with van der Waals surface area (Å²) in [4.78, 5) is 67.1. The minimum absolute atomic E-state index is 0.154. The highest BCUT2D eigenvalue weighted by Gasteiger charge is 2.30. The van der Waals surface area contributed by atoms with E-state index in [1.807, 2.05) is 12.1 Å². The maximum Gasteiger partial charge on any atom is 0.262 e. The normalized spacial score (nSPS) is 12.7. The van der Waals surface area contributed by atoms with Crippen molar-refractivity contribution in [3.63, 3.8) is 0 Å². The third-order valence-corrected chi connectivity index (χ3v) is 24.7. The van der Waals surface area contributed by atoms with Crippen molar-refractivity contribution in [1.82, 2.24) is 9.13 Å². The summed E-state index contributed by atoms with van der Waals surface area (Å²) in [5.41, 5.74) is 2.57. The van der Waals surface area contributed by atoms with Crippen molar-refractivity contribution in [2.45, 2.75) is 376 Å². The number of rotatable bonds is 56. The minimum Gasteiger partial charge on any atom is -0.274 e. The molecule has 8 aromatic rings. The number of aromatic nitrogens is 2. The van der Waals surface area contributed by atoms with Gasteiger partial charge in [0, 0.05) is 55.5 Å². The fourth-order valence-corrected chi connectivity index (χ4v) is 18.5. The summed E-state index contributed by atoms with van der Waals surface area (Å²) < 4.78 is 5.28. The fourth-order valence-electron chi connectivity index (χ4n) is 14.9. The number of halogens is 2. The number of aryl methyl sites for hydroxylation is 2. The first-order valence-electron chi connectivity index (χ1n) is 39.0. The number of hydrogen-bond donors (Lipinski definition) is 0. The van der Waals surface area contributed by atoms with Crippen LogP contribution in [0.3, 0.4) is 0 Å². The van der Waals surface area contributed by atoms with E-state index >= 15 is 19.2 Å². The third kappa shape index (κ3) is 25.0. The lowest BCUT2D eigenvalue weighted by Crippen LogP contribution is -2.33. The lowest BCUT2D eigenvalue weighted by Gasteiger charge is -2.18. The summed E-state index contributed by atoms with van der Waals surface area (Å²) in [6.07, 6.45) is 60.0. The van der Waals surface area contributed by atoms with E-state index in [1.54, 1.807) is 31.8 Å². The monoisotopic (exact) mass is 1430 g/mol. The third-order valence-electron chi connectivity index (χ3n) is 20.7. The van der Waals surface area contributed by atoms with Crippen LogP contribution in [0, 0.1) is 11.8 Å². The molecule has 0 spiro atoms. The predicted octanol–water partition coefficient (Wildman–Crippen LogP) is 27.2. The molecule has 8 rings (SSSR count). The van der Waals surface area contributed by atoms with Crippen LogP contribution in [-0.2, 0) is 25.9 Å². The van der Waals surface area contributed by atoms with Gasteiger partial charge in [0.15, 0.2) is 0 Å². The Labute approximate surface area is 584 Å². The van der Waals surface area contributed by atoms with Crippen molar-refractivity contribution in [3.05, 3.63) is 84.4 Å². The molecule has 0 aliphatic rings. The molecule has 0 saturated carbocycles. The lowest BCUT2D eigenvalue weighted by atomic mass is 9.92. The molecule has 0 aliphatic carbocycles. The van der Waals surface area contributed by atoms with E-state index in [9.17, 15) is 0 Å². The maximum absolute atomic E-state index is 16.4. The second-order valence-electron chi connectivity index (χ2n) is 28.5. The van der Waals surface area contributed by atoms with Crippen molar-refractivity contribution >= 4 is 86.9 Å². The Bertz CT molecular complexity index is 3000. The van der Waals surface area contributed by atoms with Crippen LogP contribution in [-0.4, -0.2) is 9.13 Å². The highest BCUT2D eigenvalue weighted by Crippen LogP contribution is 2.46. The Kier molecular flexibility index (Phi) is 39.0. The SMILES string of the molecule is CCCCCCCCCCCCC(CCCCCCCCCC)Cn1c(=O)c2cc(-c3cc(CCCCCC)c(Br)s3)c(c1=O)c1c3cc(-c4cc(CCCCCC)c(Br)s4)c(c(=O)n(CC(CCCCCCCCCC)CCCCCCCCCCCC)c3=O)c21. The molecule has 2 atom stereocenters. The second-order valence-corrected chi connectivity index (χ2v) is 33.3. The summed E-state index contributed by atoms with van der Waals surface area (Å²) in [5, 5.41) is 2.63. The molecule has 6 heterocycles. The first kappa shape index (κ1) is 78.3. The van der Waals surface area contributed by atoms with Gasteiger partial charge in [-0.3, -0.25) is 28.3 Å². The molecule has 0 amide bonds. The van der Waals surface area contributed by atoms with E-state index in [4.69, 9.17) is 0 Å². The average molecular weight is 1430 g/mol. The van der Waals surface area contributed by atoms with Crippen LogP contribution in [0.25, 0.3) is 53.2 Å². The molecule has 4 bridgehead atoms. The van der Waals surface area contributed by atoms with Crippen molar-refractivity contribution in [1.29, 1.82) is 0 Å². The van der Waals surface area contributed by atoms with E-state index in [0.29, 0.717) is 56.5 Å². The molecule has 6 nitrogen and oxygen atoms in total. The van der Waals surface area contributed by atoms with E-state index in [2.05, 4.69) is 85.5 Å². The number of nitrogens with zero attached hydrogens (tertiary/aromatic N) is 2. The highest BCUT2D eigenvalue weighted by molar-refractivity contribution is 9.11. The van der Waals surface area contributed by atoms with E-state index in [-0.39, 0.29) is 34.1 Å². The number of hydrogen-bond acceptors (Lipinski definition) is 6. The molecule has 0 N–H and O–H groups in total. The largest absolute Gasteiger partial charge is 0.274 e. The molecule has 0 fully saturated rings. The van der Waals surface area contributed by atoms with Crippen LogP contribution in [0.15, 0.2) is 51.0 Å². The molecule has 2 unspecified atom stereocenters. The standard InChI is InChI=1S/C82H128Br2N2O4S2/c1-7-13-19-25-29-33-35-39-43-47-53-63(51-45-41-37-31-27-21-15-9-3)61-85-79(87)69-59-67(71-57-65(77(83)91-71)55-49-23-17-11-5)75(81(85)89)74-70-60-68(72-58-66(78(84)92-72)56-50-24-18-12-6)76(73(69)74)82(90)86(80(70)88)62-64(52-46-42-38-32-28-22-16-10-4)54-48-44-40-36-34-30-26-20-14-8-2/h57-60,63-64H,7-56,61-62H2,1-6H3. The van der Waals surface area contributed by atoms with Gasteiger partial charge in [-0.05, 0) is 130 Å². The Morgan fingerprint density at radius 3 is 0.804 bits per heavy atom. The van der Waals surface area contributed by atoms with Crippen LogP contribution in [0.1, 0.15) is 361 Å². The van der Waals surface area contributed by atoms with Crippen LogP contribution in [0.2, 0.25) is 0 Å². The summed E-state index contributed by atoms with van der Waals surface area (Å²) in [6.45, 7) is 14.3. The fraction of sp³-hybridized carbons (Fsp3) is 0.732. The Morgan fingerprint density at radius 2 is 0.543 bits per heavy atom. The zero-order valence-electron chi connectivity index (χ0n) is 59.3. The maximum atomic E-state index is 16.4. The zero-order chi connectivity index (χ0) is 65.7. The van der Waals surface area contributed by atoms with Gasteiger partial charge in [-0.2, -0.15) is 0 Å². The van der Waals surface area contributed by atoms with Gasteiger partial charge in [-0.25, -0.2) is 0 Å². The van der Waals surface area contributed by atoms with Crippen molar-refractivity contribution in [3.8, 4) is 20.9 Å². The molecule has 2 aromatic carbocycles. The van der Waals surface area contributed by atoms with Crippen molar-refractivity contribution in [2.24, 2.45) is 11.8 Å². The molecule has 10 heteroatoms. The number of benzene rings is 2. The Morgan fingerprint density at radius 1 is 0.304 bits per heavy atom. The molecule has 6 aromatic heterocycles. The smallest absolute Gasteiger partial charge is 0.262 e. The summed E-state index contributed by atoms with van der Waals surface area (Å²) in [6, 6.07) is 8.44. The quantitative estimate of drug-likeness (QED) is 0.0357. The van der Waals surface area contributed by atoms with Gasteiger partial charge >= 0.3 is 0 Å².